The van der Waals surface area contributed by atoms with E-state index in [2.05, 4.69) is 20.5 Å². The molecule has 0 radical (unpaired) electrons. The molecule has 30 heavy (non-hydrogen) atoms. The molecule has 1 aromatic heterocycles. The number of rotatable bonds is 5. The van der Waals surface area contributed by atoms with Crippen molar-refractivity contribution >= 4 is 35.1 Å². The second-order valence-electron chi connectivity index (χ2n) is 7.17. The van der Waals surface area contributed by atoms with E-state index in [1.165, 1.54) is 17.8 Å². The molecule has 2 amide bonds. The van der Waals surface area contributed by atoms with Gasteiger partial charge in [0, 0.05) is 18.8 Å². The molecule has 2 aromatic rings. The first-order chi connectivity index (χ1) is 14.6. The number of carbonyl (C=O) groups is 2. The summed E-state index contributed by atoms with van der Waals surface area (Å²) < 4.78 is 19.2. The van der Waals surface area contributed by atoms with Gasteiger partial charge in [-0.25, -0.2) is 9.37 Å². The minimum atomic E-state index is -0.653. The molecule has 4 rings (SSSR count). The number of amides is 2. The van der Waals surface area contributed by atoms with E-state index < -0.39 is 11.3 Å². The Hall–Kier alpha value is -2.65. The largest absolute Gasteiger partial charge is 0.378 e. The molecule has 0 unspecified atom stereocenters. The number of pyridine rings is 1. The van der Waals surface area contributed by atoms with Crippen LogP contribution in [0.1, 0.15) is 5.56 Å². The summed E-state index contributed by atoms with van der Waals surface area (Å²) >= 11 is 1.36. The highest BCUT2D eigenvalue weighted by Crippen LogP contribution is 2.24. The van der Waals surface area contributed by atoms with Crippen LogP contribution in [-0.2, 0) is 20.7 Å². The van der Waals surface area contributed by atoms with Crippen molar-refractivity contribution in [1.29, 1.82) is 0 Å². The van der Waals surface area contributed by atoms with Crippen LogP contribution in [0.15, 0.2) is 42.6 Å². The van der Waals surface area contributed by atoms with E-state index >= 15 is 0 Å². The monoisotopic (exact) mass is 430 g/mol. The number of halogens is 1. The van der Waals surface area contributed by atoms with Crippen LogP contribution in [0.5, 0.6) is 0 Å². The molecule has 2 saturated heterocycles. The summed E-state index contributed by atoms with van der Waals surface area (Å²) in [5.74, 6) is -0.0399. The van der Waals surface area contributed by atoms with E-state index in [0.29, 0.717) is 36.8 Å². The number of ether oxygens (including phenoxy) is 1. The first-order valence-electron chi connectivity index (χ1n) is 9.85. The molecule has 0 spiro atoms. The summed E-state index contributed by atoms with van der Waals surface area (Å²) in [6.07, 6.45) is 2.02. The number of morpholine rings is 1. The van der Waals surface area contributed by atoms with Crippen molar-refractivity contribution in [3.05, 3.63) is 54.0 Å². The van der Waals surface area contributed by atoms with Gasteiger partial charge in [0.15, 0.2) is 0 Å². The van der Waals surface area contributed by atoms with E-state index in [1.807, 2.05) is 6.07 Å². The van der Waals surface area contributed by atoms with Crippen LogP contribution < -0.4 is 15.5 Å². The predicted molar refractivity (Wildman–Crippen MR) is 114 cm³/mol. The van der Waals surface area contributed by atoms with Gasteiger partial charge in [-0.1, -0.05) is 18.2 Å². The standard InChI is InChI=1S/C21H23FN4O3S/c22-16-4-2-1-3-14(16)11-18-21(28)24-17(13-30-18)20(27)25-19-6-5-15(12-23-19)26-7-9-29-10-8-26/h1-6,12,17-18H,7-11,13H2,(H,24,28)(H,23,25,27)/t17-,18+/m0/s1. The molecule has 2 atom stereocenters. The molecule has 2 fully saturated rings. The van der Waals surface area contributed by atoms with Crippen molar-refractivity contribution < 1.29 is 18.7 Å². The number of anilines is 2. The van der Waals surface area contributed by atoms with Crippen LogP contribution >= 0.6 is 11.8 Å². The van der Waals surface area contributed by atoms with Gasteiger partial charge in [-0.3, -0.25) is 9.59 Å². The fourth-order valence-corrected chi connectivity index (χ4v) is 4.61. The topological polar surface area (TPSA) is 83.6 Å². The third-order valence-electron chi connectivity index (χ3n) is 5.13. The number of carbonyl (C=O) groups excluding carboxylic acids is 2. The maximum atomic E-state index is 13.8. The van der Waals surface area contributed by atoms with E-state index in [0.717, 1.165) is 18.8 Å². The lowest BCUT2D eigenvalue weighted by Crippen LogP contribution is -2.52. The molecule has 0 aliphatic carbocycles. The van der Waals surface area contributed by atoms with Crippen molar-refractivity contribution in [2.45, 2.75) is 17.7 Å². The number of nitrogens with one attached hydrogen (secondary N) is 2. The number of thioether (sulfide) groups is 1. The quantitative estimate of drug-likeness (QED) is 0.753. The van der Waals surface area contributed by atoms with Crippen molar-refractivity contribution in [2.24, 2.45) is 0 Å². The fraction of sp³-hybridized carbons (Fsp3) is 0.381. The lowest BCUT2D eigenvalue weighted by molar-refractivity contribution is -0.126. The Morgan fingerprint density at radius 3 is 2.77 bits per heavy atom. The van der Waals surface area contributed by atoms with Crippen molar-refractivity contribution in [1.82, 2.24) is 10.3 Å². The molecular formula is C21H23FN4O3S. The van der Waals surface area contributed by atoms with Crippen LogP contribution in [0.25, 0.3) is 0 Å². The molecule has 2 aliphatic heterocycles. The van der Waals surface area contributed by atoms with E-state index in [9.17, 15) is 14.0 Å². The molecule has 7 nitrogen and oxygen atoms in total. The highest BCUT2D eigenvalue weighted by Gasteiger charge is 2.33. The third-order valence-corrected chi connectivity index (χ3v) is 6.44. The van der Waals surface area contributed by atoms with E-state index in [1.54, 1.807) is 30.5 Å². The van der Waals surface area contributed by atoms with Crippen molar-refractivity contribution in [3.63, 3.8) is 0 Å². The Morgan fingerprint density at radius 2 is 2.07 bits per heavy atom. The zero-order valence-electron chi connectivity index (χ0n) is 16.3. The van der Waals surface area contributed by atoms with Crippen molar-refractivity contribution in [2.75, 3.05) is 42.3 Å². The number of hydrogen-bond acceptors (Lipinski definition) is 6. The Bertz CT molecular complexity index is 905. The summed E-state index contributed by atoms with van der Waals surface area (Å²) in [4.78, 5) is 31.5. The Labute approximate surface area is 178 Å². The minimum Gasteiger partial charge on any atom is -0.378 e. The van der Waals surface area contributed by atoms with Gasteiger partial charge in [0.2, 0.25) is 11.8 Å². The Balaban J connectivity index is 1.30. The minimum absolute atomic E-state index is 0.259. The zero-order valence-corrected chi connectivity index (χ0v) is 17.2. The summed E-state index contributed by atoms with van der Waals surface area (Å²) in [5, 5.41) is 5.08. The second kappa shape index (κ2) is 9.44. The first kappa shape index (κ1) is 20.6. The molecule has 2 N–H and O–H groups in total. The van der Waals surface area contributed by atoms with Crippen LogP contribution in [-0.4, -0.2) is 60.1 Å². The third kappa shape index (κ3) is 4.91. The van der Waals surface area contributed by atoms with E-state index in [-0.39, 0.29) is 17.6 Å². The fourth-order valence-electron chi connectivity index (χ4n) is 3.43. The van der Waals surface area contributed by atoms with Crippen LogP contribution in [0, 0.1) is 5.82 Å². The molecule has 2 aliphatic rings. The summed E-state index contributed by atoms with van der Waals surface area (Å²) in [6, 6.07) is 9.43. The lowest BCUT2D eigenvalue weighted by atomic mass is 10.1. The van der Waals surface area contributed by atoms with E-state index in [4.69, 9.17) is 4.74 Å². The lowest BCUT2D eigenvalue weighted by Gasteiger charge is -2.29. The summed E-state index contributed by atoms with van der Waals surface area (Å²) in [7, 11) is 0. The first-order valence-corrected chi connectivity index (χ1v) is 10.9. The zero-order chi connectivity index (χ0) is 20.9. The smallest absolute Gasteiger partial charge is 0.248 e. The molecule has 0 bridgehead atoms. The average Bonchev–Trinajstić information content (AvgIpc) is 2.77. The maximum absolute atomic E-state index is 13.8. The van der Waals surface area contributed by atoms with Crippen LogP contribution in [0.4, 0.5) is 15.9 Å². The summed E-state index contributed by atoms with van der Waals surface area (Å²) in [6.45, 7) is 3.00. The number of hydrogen-bond donors (Lipinski definition) is 2. The second-order valence-corrected chi connectivity index (χ2v) is 8.40. The molecular weight excluding hydrogens is 407 g/mol. The highest BCUT2D eigenvalue weighted by atomic mass is 32.2. The average molecular weight is 431 g/mol. The van der Waals surface area contributed by atoms with Crippen LogP contribution in [0.2, 0.25) is 0 Å². The normalized spacial score (nSPS) is 21.8. The van der Waals surface area contributed by atoms with Gasteiger partial charge in [-0.15, -0.1) is 11.8 Å². The van der Waals surface area contributed by atoms with Gasteiger partial charge < -0.3 is 20.3 Å². The number of benzene rings is 1. The van der Waals surface area contributed by atoms with Gasteiger partial charge in [0.1, 0.15) is 17.7 Å². The molecule has 1 aromatic carbocycles. The molecule has 9 heteroatoms. The number of aromatic nitrogens is 1. The van der Waals surface area contributed by atoms with Gasteiger partial charge in [0.25, 0.3) is 0 Å². The molecule has 0 saturated carbocycles. The van der Waals surface area contributed by atoms with Gasteiger partial charge in [-0.05, 0) is 30.2 Å². The molecule has 3 heterocycles. The van der Waals surface area contributed by atoms with Crippen LogP contribution in [0.3, 0.4) is 0 Å². The Kier molecular flexibility index (Phi) is 6.49. The van der Waals surface area contributed by atoms with Crippen molar-refractivity contribution in [3.8, 4) is 0 Å². The SMILES string of the molecule is O=C(Nc1ccc(N2CCOCC2)cn1)[C@@H]1CS[C@H](Cc2ccccc2F)C(=O)N1. The molecule has 158 valence electrons. The van der Waals surface area contributed by atoms with Gasteiger partial charge in [0.05, 0.1) is 30.3 Å². The van der Waals surface area contributed by atoms with Gasteiger partial charge in [-0.2, -0.15) is 0 Å². The number of nitrogens with zero attached hydrogens (tertiary/aromatic N) is 2. The predicted octanol–water partition coefficient (Wildman–Crippen LogP) is 1.84. The summed E-state index contributed by atoms with van der Waals surface area (Å²) in [5.41, 5.74) is 1.48. The highest BCUT2D eigenvalue weighted by molar-refractivity contribution is 8.00. The van der Waals surface area contributed by atoms with Gasteiger partial charge >= 0.3 is 0 Å². The Morgan fingerprint density at radius 1 is 1.27 bits per heavy atom. The maximum Gasteiger partial charge on any atom is 0.248 e.